The fourth-order valence-corrected chi connectivity index (χ4v) is 5.16. The van der Waals surface area contributed by atoms with Crippen molar-refractivity contribution in [1.29, 1.82) is 0 Å². The molecule has 1 unspecified atom stereocenters. The van der Waals surface area contributed by atoms with Crippen LogP contribution < -0.4 is 16.8 Å². The second kappa shape index (κ2) is 11.5. The van der Waals surface area contributed by atoms with Gasteiger partial charge in [-0.1, -0.05) is 57.9 Å². The van der Waals surface area contributed by atoms with E-state index in [4.69, 9.17) is 11.5 Å². The van der Waals surface area contributed by atoms with Gasteiger partial charge < -0.3 is 26.8 Å². The van der Waals surface area contributed by atoms with E-state index in [2.05, 4.69) is 5.32 Å². The Hall–Kier alpha value is -3.46. The van der Waals surface area contributed by atoms with Gasteiger partial charge >= 0.3 is 0 Å². The minimum atomic E-state index is -1.16. The summed E-state index contributed by atoms with van der Waals surface area (Å²) in [6.45, 7) is 5.91. The van der Waals surface area contributed by atoms with Crippen LogP contribution in [0, 0.1) is 5.82 Å². The molecule has 3 rings (SSSR count). The number of halogens is 1. The van der Waals surface area contributed by atoms with Crippen LogP contribution in [-0.4, -0.2) is 52.4 Å². The van der Waals surface area contributed by atoms with Crippen LogP contribution in [0.2, 0.25) is 0 Å². The number of rotatable bonds is 9. The topological polar surface area (TPSA) is 139 Å². The minimum Gasteiger partial charge on any atom is -0.508 e. The number of aromatic hydroxyl groups is 1. The van der Waals surface area contributed by atoms with Crippen molar-refractivity contribution in [3.05, 3.63) is 65.0 Å². The highest BCUT2D eigenvalue weighted by Crippen LogP contribution is 2.36. The summed E-state index contributed by atoms with van der Waals surface area (Å²) >= 11 is 0. The van der Waals surface area contributed by atoms with Gasteiger partial charge in [-0.15, -0.1) is 0 Å². The summed E-state index contributed by atoms with van der Waals surface area (Å²) in [6, 6.07) is 8.93. The fourth-order valence-electron chi connectivity index (χ4n) is 5.16. The molecule has 206 valence electrons. The molecule has 0 spiro atoms. The molecular weight excluding hydrogens is 487 g/mol. The number of amides is 3. The number of nitrogens with two attached hydrogens (primary N) is 2. The predicted octanol–water partition coefficient (Wildman–Crippen LogP) is 2.68. The molecule has 2 aromatic carbocycles. The lowest BCUT2D eigenvalue weighted by atomic mass is 9.84. The largest absolute Gasteiger partial charge is 0.508 e. The smallest absolute Gasteiger partial charge is 0.246 e. The van der Waals surface area contributed by atoms with Crippen LogP contribution in [0.5, 0.6) is 5.75 Å². The molecule has 3 amide bonds. The zero-order chi connectivity index (χ0) is 28.3. The Morgan fingerprint density at radius 1 is 1.05 bits per heavy atom. The standard InChI is InChI=1S/C29H39FN4O4/c1-28(2,3)21-15-19(9-12-24(21)35)17-23(25(32)36)33-27(38)29(13-5-6-14-29)34(4)26(37)22(31)16-18-7-10-20(30)11-8-18/h7-12,15,22-23,35H,5-6,13-14,16-17,31H2,1-4H3,(H2,32,36)(H,33,38)/t22-,23?/m0/s1. The average Bonchev–Trinajstić information content (AvgIpc) is 3.35. The molecule has 0 bridgehead atoms. The van der Waals surface area contributed by atoms with E-state index in [1.807, 2.05) is 26.8 Å². The van der Waals surface area contributed by atoms with Gasteiger partial charge in [-0.2, -0.15) is 0 Å². The van der Waals surface area contributed by atoms with Crippen LogP contribution in [0.4, 0.5) is 4.39 Å². The second-order valence-corrected chi connectivity index (χ2v) is 11.3. The van der Waals surface area contributed by atoms with Crippen LogP contribution in [0.25, 0.3) is 0 Å². The molecule has 2 atom stereocenters. The lowest BCUT2D eigenvalue weighted by molar-refractivity contribution is -0.147. The molecule has 0 heterocycles. The second-order valence-electron chi connectivity index (χ2n) is 11.3. The first-order chi connectivity index (χ1) is 17.7. The summed E-state index contributed by atoms with van der Waals surface area (Å²) in [6.07, 6.45) is 2.69. The monoisotopic (exact) mass is 526 g/mol. The molecule has 0 aliphatic heterocycles. The molecule has 6 N–H and O–H groups in total. The number of carbonyl (C=O) groups excluding carboxylic acids is 3. The highest BCUT2D eigenvalue weighted by molar-refractivity contribution is 5.96. The van der Waals surface area contributed by atoms with Gasteiger partial charge in [-0.3, -0.25) is 14.4 Å². The molecule has 1 aliphatic carbocycles. The zero-order valence-electron chi connectivity index (χ0n) is 22.6. The van der Waals surface area contributed by atoms with Gasteiger partial charge in [0.15, 0.2) is 0 Å². The maximum atomic E-state index is 13.7. The Morgan fingerprint density at radius 3 is 2.18 bits per heavy atom. The molecule has 38 heavy (non-hydrogen) atoms. The number of likely N-dealkylation sites (N-methyl/N-ethyl adjacent to an activating group) is 1. The van der Waals surface area contributed by atoms with Crippen LogP contribution in [-0.2, 0) is 32.6 Å². The average molecular weight is 527 g/mol. The number of benzene rings is 2. The van der Waals surface area contributed by atoms with Gasteiger partial charge in [0.05, 0.1) is 6.04 Å². The highest BCUT2D eigenvalue weighted by Gasteiger charge is 2.48. The van der Waals surface area contributed by atoms with Crippen molar-refractivity contribution >= 4 is 17.7 Å². The van der Waals surface area contributed by atoms with Crippen molar-refractivity contribution in [1.82, 2.24) is 10.2 Å². The number of hydrogen-bond donors (Lipinski definition) is 4. The molecule has 0 radical (unpaired) electrons. The number of hydrogen-bond acceptors (Lipinski definition) is 5. The molecular formula is C29H39FN4O4. The Morgan fingerprint density at radius 2 is 1.63 bits per heavy atom. The van der Waals surface area contributed by atoms with Gasteiger partial charge in [-0.25, -0.2) is 4.39 Å². The predicted molar refractivity (Wildman–Crippen MR) is 144 cm³/mol. The first-order valence-electron chi connectivity index (χ1n) is 12.9. The third-order valence-electron chi connectivity index (χ3n) is 7.47. The molecule has 2 aromatic rings. The summed E-state index contributed by atoms with van der Waals surface area (Å²) in [5.41, 5.74) is 12.6. The maximum absolute atomic E-state index is 13.7. The fraction of sp³-hybridized carbons (Fsp3) is 0.483. The van der Waals surface area contributed by atoms with Gasteiger partial charge in [0.25, 0.3) is 0 Å². The van der Waals surface area contributed by atoms with Crippen LogP contribution >= 0.6 is 0 Å². The van der Waals surface area contributed by atoms with Crippen LogP contribution in [0.1, 0.15) is 63.1 Å². The summed E-state index contributed by atoms with van der Waals surface area (Å²) in [7, 11) is 1.56. The van der Waals surface area contributed by atoms with Crippen molar-refractivity contribution in [2.24, 2.45) is 11.5 Å². The van der Waals surface area contributed by atoms with E-state index in [0.717, 1.165) is 24.0 Å². The third kappa shape index (κ3) is 6.51. The van der Waals surface area contributed by atoms with E-state index in [1.54, 1.807) is 31.3 Å². The normalized spacial score (nSPS) is 16.5. The van der Waals surface area contributed by atoms with E-state index >= 15 is 0 Å². The van der Waals surface area contributed by atoms with E-state index in [9.17, 15) is 23.9 Å². The number of nitrogens with one attached hydrogen (secondary N) is 1. The summed E-state index contributed by atoms with van der Waals surface area (Å²) < 4.78 is 13.2. The Labute approximate surface area is 223 Å². The molecule has 0 aromatic heterocycles. The molecule has 8 nitrogen and oxygen atoms in total. The summed E-state index contributed by atoms with van der Waals surface area (Å²) in [5.74, 6) is -1.77. The molecule has 9 heteroatoms. The molecule has 1 fully saturated rings. The van der Waals surface area contributed by atoms with Gasteiger partial charge in [0.2, 0.25) is 17.7 Å². The van der Waals surface area contributed by atoms with E-state index in [0.29, 0.717) is 18.4 Å². The molecule has 1 aliphatic rings. The number of nitrogens with zero attached hydrogens (tertiary/aromatic N) is 1. The quantitative estimate of drug-likeness (QED) is 0.398. The number of carbonyl (C=O) groups is 3. The van der Waals surface area contributed by atoms with E-state index < -0.39 is 35.3 Å². The van der Waals surface area contributed by atoms with Crippen molar-refractivity contribution in [2.45, 2.75) is 82.3 Å². The number of phenolic OH excluding ortho intramolecular Hbond substituents is 1. The lowest BCUT2D eigenvalue weighted by Gasteiger charge is -2.39. The Balaban J connectivity index is 1.78. The van der Waals surface area contributed by atoms with Gasteiger partial charge in [0, 0.05) is 13.5 Å². The van der Waals surface area contributed by atoms with E-state index in [-0.39, 0.29) is 29.8 Å². The highest BCUT2D eigenvalue weighted by atomic mass is 19.1. The van der Waals surface area contributed by atoms with Crippen molar-refractivity contribution in [3.63, 3.8) is 0 Å². The Kier molecular flexibility index (Phi) is 8.82. The van der Waals surface area contributed by atoms with Gasteiger partial charge in [0.1, 0.15) is 23.1 Å². The maximum Gasteiger partial charge on any atom is 0.246 e. The summed E-state index contributed by atoms with van der Waals surface area (Å²) in [4.78, 5) is 40.8. The first-order valence-corrected chi connectivity index (χ1v) is 12.9. The number of primary amides is 1. The first kappa shape index (κ1) is 29.1. The summed E-state index contributed by atoms with van der Waals surface area (Å²) in [5, 5.41) is 13.1. The van der Waals surface area contributed by atoms with Gasteiger partial charge in [-0.05, 0) is 59.6 Å². The third-order valence-corrected chi connectivity index (χ3v) is 7.47. The number of phenols is 1. The van der Waals surface area contributed by atoms with Crippen molar-refractivity contribution < 1.29 is 23.9 Å². The lowest BCUT2D eigenvalue weighted by Crippen LogP contribution is -2.63. The molecule has 0 saturated heterocycles. The van der Waals surface area contributed by atoms with Crippen LogP contribution in [0.15, 0.2) is 42.5 Å². The van der Waals surface area contributed by atoms with Crippen molar-refractivity contribution in [2.75, 3.05) is 7.05 Å². The van der Waals surface area contributed by atoms with Crippen molar-refractivity contribution in [3.8, 4) is 5.75 Å². The van der Waals surface area contributed by atoms with Crippen LogP contribution in [0.3, 0.4) is 0 Å². The SMILES string of the molecule is CN(C(=O)[C@@H](N)Cc1ccc(F)cc1)C1(C(=O)NC(Cc2ccc(O)c(C(C)(C)C)c2)C(N)=O)CCCC1. The Bertz CT molecular complexity index is 1170. The minimum absolute atomic E-state index is 0.141. The van der Waals surface area contributed by atoms with E-state index in [1.165, 1.54) is 17.0 Å². The molecule has 1 saturated carbocycles. The zero-order valence-corrected chi connectivity index (χ0v) is 22.6.